The lowest BCUT2D eigenvalue weighted by Crippen LogP contribution is -2.06. The van der Waals surface area contributed by atoms with Gasteiger partial charge in [0.1, 0.15) is 11.5 Å². The molecule has 1 aromatic heterocycles. The number of rotatable bonds is 3. The van der Waals surface area contributed by atoms with Gasteiger partial charge in [-0.2, -0.15) is 0 Å². The number of nitrogens with one attached hydrogen (secondary N) is 1. The maximum atomic E-state index is 13.7. The zero-order chi connectivity index (χ0) is 11.5. The molecule has 0 saturated heterocycles. The van der Waals surface area contributed by atoms with Crippen LogP contribution in [0, 0.1) is 12.7 Å². The van der Waals surface area contributed by atoms with E-state index < -0.39 is 0 Å². The minimum absolute atomic E-state index is 0.283. The first kappa shape index (κ1) is 10.8. The van der Waals surface area contributed by atoms with Crippen molar-refractivity contribution in [1.29, 1.82) is 0 Å². The highest BCUT2D eigenvalue weighted by Crippen LogP contribution is 2.26. The van der Waals surface area contributed by atoms with Gasteiger partial charge in [0.2, 0.25) is 0 Å². The molecule has 0 fully saturated rings. The fraction of sp³-hybridized carbons (Fsp3) is 0.250. The lowest BCUT2D eigenvalue weighted by Gasteiger charge is -2.03. The van der Waals surface area contributed by atoms with Crippen molar-refractivity contribution < 1.29 is 8.81 Å². The molecule has 0 saturated carbocycles. The van der Waals surface area contributed by atoms with E-state index in [0.29, 0.717) is 23.6 Å². The normalized spacial score (nSPS) is 10.7. The van der Waals surface area contributed by atoms with Crippen LogP contribution in [0.15, 0.2) is 29.0 Å². The Balaban J connectivity index is 2.46. The summed E-state index contributed by atoms with van der Waals surface area (Å²) in [5, 5.41) is 2.97. The van der Waals surface area contributed by atoms with Crippen molar-refractivity contribution in [3.05, 3.63) is 41.7 Å². The molecular formula is C12H13FN2O. The van der Waals surface area contributed by atoms with Gasteiger partial charge in [0.25, 0.3) is 0 Å². The summed E-state index contributed by atoms with van der Waals surface area (Å²) in [7, 11) is 1.81. The molecule has 0 radical (unpaired) electrons. The maximum Gasteiger partial charge on any atom is 0.181 e. The summed E-state index contributed by atoms with van der Waals surface area (Å²) >= 11 is 0. The second-order valence-electron chi connectivity index (χ2n) is 3.64. The number of hydrogen-bond donors (Lipinski definition) is 1. The first-order valence-corrected chi connectivity index (χ1v) is 5.06. The van der Waals surface area contributed by atoms with Crippen molar-refractivity contribution in [1.82, 2.24) is 10.3 Å². The van der Waals surface area contributed by atoms with E-state index in [4.69, 9.17) is 4.42 Å². The van der Waals surface area contributed by atoms with Gasteiger partial charge in [0.05, 0.1) is 5.56 Å². The van der Waals surface area contributed by atoms with Crippen LogP contribution in [0.3, 0.4) is 0 Å². The van der Waals surface area contributed by atoms with Crippen LogP contribution in [-0.2, 0) is 6.54 Å². The summed E-state index contributed by atoms with van der Waals surface area (Å²) in [6.07, 6.45) is 1.33. The van der Waals surface area contributed by atoms with Crippen LogP contribution < -0.4 is 5.32 Å². The van der Waals surface area contributed by atoms with Crippen molar-refractivity contribution in [2.75, 3.05) is 7.05 Å². The van der Waals surface area contributed by atoms with Gasteiger partial charge in [-0.25, -0.2) is 9.37 Å². The Hall–Kier alpha value is -1.68. The summed E-state index contributed by atoms with van der Waals surface area (Å²) in [6, 6.07) is 5.05. The summed E-state index contributed by atoms with van der Waals surface area (Å²) in [5.41, 5.74) is 2.05. The van der Waals surface area contributed by atoms with E-state index >= 15 is 0 Å². The van der Waals surface area contributed by atoms with E-state index in [1.807, 2.05) is 20.0 Å². The van der Waals surface area contributed by atoms with Gasteiger partial charge >= 0.3 is 0 Å². The van der Waals surface area contributed by atoms with E-state index in [9.17, 15) is 4.39 Å². The maximum absolute atomic E-state index is 13.7. The Labute approximate surface area is 93.3 Å². The molecule has 0 aliphatic heterocycles. The standard InChI is InChI=1S/C12H13FN2O/c1-8-3-4-9(10(13)5-8)12-11(6-14-2)15-7-16-12/h3-5,7,14H,6H2,1-2H3. The number of aromatic nitrogens is 1. The molecule has 1 aromatic carbocycles. The third-order valence-electron chi connectivity index (χ3n) is 2.35. The van der Waals surface area contributed by atoms with E-state index in [0.717, 1.165) is 5.56 Å². The van der Waals surface area contributed by atoms with Gasteiger partial charge in [-0.05, 0) is 31.7 Å². The number of halogens is 1. The smallest absolute Gasteiger partial charge is 0.181 e. The van der Waals surface area contributed by atoms with Crippen LogP contribution in [0.1, 0.15) is 11.3 Å². The van der Waals surface area contributed by atoms with Gasteiger partial charge in [-0.15, -0.1) is 0 Å². The molecule has 2 rings (SSSR count). The molecular weight excluding hydrogens is 207 g/mol. The zero-order valence-electron chi connectivity index (χ0n) is 9.25. The number of nitrogens with zero attached hydrogens (tertiary/aromatic N) is 1. The quantitative estimate of drug-likeness (QED) is 0.863. The molecule has 2 aromatic rings. The third-order valence-corrected chi connectivity index (χ3v) is 2.35. The molecule has 0 aliphatic rings. The average molecular weight is 220 g/mol. The molecule has 0 spiro atoms. The minimum Gasteiger partial charge on any atom is -0.443 e. The van der Waals surface area contributed by atoms with Crippen molar-refractivity contribution in [2.24, 2.45) is 0 Å². The first-order valence-electron chi connectivity index (χ1n) is 5.06. The van der Waals surface area contributed by atoms with Crippen LogP contribution in [0.4, 0.5) is 4.39 Å². The SMILES string of the molecule is CNCc1ncoc1-c1ccc(C)cc1F. The predicted octanol–water partition coefficient (Wildman–Crippen LogP) is 2.51. The van der Waals surface area contributed by atoms with Crippen molar-refractivity contribution in [2.45, 2.75) is 13.5 Å². The van der Waals surface area contributed by atoms with Crippen LogP contribution >= 0.6 is 0 Å². The van der Waals surface area contributed by atoms with Gasteiger partial charge in [-0.1, -0.05) is 6.07 Å². The van der Waals surface area contributed by atoms with Gasteiger partial charge in [-0.3, -0.25) is 0 Å². The topological polar surface area (TPSA) is 38.1 Å². The number of aryl methyl sites for hydroxylation is 1. The first-order chi connectivity index (χ1) is 7.72. The van der Waals surface area contributed by atoms with E-state index in [-0.39, 0.29) is 5.82 Å². The molecule has 1 N–H and O–H groups in total. The van der Waals surface area contributed by atoms with Crippen LogP contribution in [0.25, 0.3) is 11.3 Å². The Morgan fingerprint density at radius 3 is 2.94 bits per heavy atom. The van der Waals surface area contributed by atoms with Crippen molar-refractivity contribution in [3.63, 3.8) is 0 Å². The van der Waals surface area contributed by atoms with Gasteiger partial charge in [0, 0.05) is 6.54 Å². The fourth-order valence-electron chi connectivity index (χ4n) is 1.59. The van der Waals surface area contributed by atoms with E-state index in [1.54, 1.807) is 6.07 Å². The predicted molar refractivity (Wildman–Crippen MR) is 59.4 cm³/mol. The molecule has 16 heavy (non-hydrogen) atoms. The minimum atomic E-state index is -0.283. The summed E-state index contributed by atoms with van der Waals surface area (Å²) in [4.78, 5) is 4.05. The van der Waals surface area contributed by atoms with E-state index in [1.165, 1.54) is 12.5 Å². The van der Waals surface area contributed by atoms with Gasteiger partial charge in [0.15, 0.2) is 12.2 Å². The molecule has 84 valence electrons. The Bertz CT molecular complexity index is 494. The highest BCUT2D eigenvalue weighted by molar-refractivity contribution is 5.60. The molecule has 4 heteroatoms. The molecule has 3 nitrogen and oxygen atoms in total. The molecule has 0 atom stereocenters. The van der Waals surface area contributed by atoms with Crippen molar-refractivity contribution >= 4 is 0 Å². The average Bonchev–Trinajstić information content (AvgIpc) is 2.67. The highest BCUT2D eigenvalue weighted by atomic mass is 19.1. The monoisotopic (exact) mass is 220 g/mol. The van der Waals surface area contributed by atoms with Crippen LogP contribution in [0.5, 0.6) is 0 Å². The number of benzene rings is 1. The Morgan fingerprint density at radius 2 is 2.25 bits per heavy atom. The fourth-order valence-corrected chi connectivity index (χ4v) is 1.59. The number of oxazole rings is 1. The molecule has 0 bridgehead atoms. The largest absolute Gasteiger partial charge is 0.443 e. The molecule has 0 aliphatic carbocycles. The Kier molecular flexibility index (Phi) is 3.01. The lowest BCUT2D eigenvalue weighted by molar-refractivity contribution is 0.559. The van der Waals surface area contributed by atoms with E-state index in [2.05, 4.69) is 10.3 Å². The molecule has 0 unspecified atom stereocenters. The molecule has 0 amide bonds. The molecule has 1 heterocycles. The van der Waals surface area contributed by atoms with Gasteiger partial charge < -0.3 is 9.73 Å². The van der Waals surface area contributed by atoms with Crippen molar-refractivity contribution in [3.8, 4) is 11.3 Å². The lowest BCUT2D eigenvalue weighted by atomic mass is 10.1. The summed E-state index contributed by atoms with van der Waals surface area (Å²) in [6.45, 7) is 2.40. The summed E-state index contributed by atoms with van der Waals surface area (Å²) in [5.74, 6) is 0.209. The third kappa shape index (κ3) is 1.97. The second kappa shape index (κ2) is 4.45. The number of hydrogen-bond acceptors (Lipinski definition) is 3. The highest BCUT2D eigenvalue weighted by Gasteiger charge is 2.14. The van der Waals surface area contributed by atoms with Crippen LogP contribution in [-0.4, -0.2) is 12.0 Å². The second-order valence-corrected chi connectivity index (χ2v) is 3.64. The zero-order valence-corrected chi connectivity index (χ0v) is 9.25. The Morgan fingerprint density at radius 1 is 1.44 bits per heavy atom. The van der Waals surface area contributed by atoms with Crippen LogP contribution in [0.2, 0.25) is 0 Å². The summed E-state index contributed by atoms with van der Waals surface area (Å²) < 4.78 is 19.0.